The van der Waals surface area contributed by atoms with Gasteiger partial charge in [0.05, 0.1) is 24.7 Å². The van der Waals surface area contributed by atoms with Crippen LogP contribution in [0.5, 0.6) is 0 Å². The minimum absolute atomic E-state index is 0.0211. The second kappa shape index (κ2) is 17.7. The van der Waals surface area contributed by atoms with Gasteiger partial charge in [-0.15, -0.1) is 0 Å². The van der Waals surface area contributed by atoms with Crippen LogP contribution in [0.25, 0.3) is 0 Å². The number of carbonyl (C=O) groups is 2. The van der Waals surface area contributed by atoms with Crippen molar-refractivity contribution in [2.45, 2.75) is 110 Å². The average Bonchev–Trinajstić information content (AvgIpc) is 2.89. The Morgan fingerprint density at radius 1 is 1.30 bits per heavy atom. The first-order valence-corrected chi connectivity index (χ1v) is 14.3. The van der Waals surface area contributed by atoms with Crippen LogP contribution in [-0.4, -0.2) is 82.7 Å². The van der Waals surface area contributed by atoms with Gasteiger partial charge in [0.2, 0.25) is 0 Å². The van der Waals surface area contributed by atoms with E-state index in [1.807, 2.05) is 52.8 Å². The molecule has 9 heteroatoms. The zero-order valence-electron chi connectivity index (χ0n) is 25.2. The molecule has 0 fully saturated rings. The zero-order chi connectivity index (χ0) is 30.5. The lowest BCUT2D eigenvalue weighted by molar-refractivity contribution is -0.153. The third-order valence-electron chi connectivity index (χ3n) is 8.13. The van der Waals surface area contributed by atoms with Crippen LogP contribution in [0.15, 0.2) is 36.0 Å². The monoisotopic (exact) mass is 568 g/mol. The van der Waals surface area contributed by atoms with E-state index in [0.29, 0.717) is 6.42 Å². The summed E-state index contributed by atoms with van der Waals surface area (Å²) >= 11 is 0. The third-order valence-corrected chi connectivity index (χ3v) is 8.13. The fraction of sp³-hybridized carbons (Fsp3) is 0.742. The molecule has 1 heterocycles. The van der Waals surface area contributed by atoms with Gasteiger partial charge in [0.1, 0.15) is 17.8 Å². The SMILES string of the molecule is CCC(OC)C(C)C(CO)C(O)C(C)/C=C/C=C(\C)CC1OC(=O)CC(O)CCC(C)(O)C(OC=O)/C=C/C1C. The Labute approximate surface area is 239 Å². The molecule has 10 atom stereocenters. The Bertz CT molecular complexity index is 846. The van der Waals surface area contributed by atoms with Crippen molar-refractivity contribution < 1.29 is 44.2 Å². The zero-order valence-corrected chi connectivity index (χ0v) is 25.2. The lowest BCUT2D eigenvalue weighted by Crippen LogP contribution is -2.41. The maximum Gasteiger partial charge on any atom is 0.308 e. The molecule has 10 unspecified atom stereocenters. The molecule has 1 aliphatic heterocycles. The largest absolute Gasteiger partial charge is 0.461 e. The van der Waals surface area contributed by atoms with Crippen molar-refractivity contribution in [3.05, 3.63) is 36.0 Å². The minimum Gasteiger partial charge on any atom is -0.461 e. The van der Waals surface area contributed by atoms with Gasteiger partial charge >= 0.3 is 5.97 Å². The second-order valence-electron chi connectivity index (χ2n) is 11.5. The number of hydrogen-bond donors (Lipinski definition) is 4. The standard InChI is InChI=1S/C31H52O9/c1-8-26(38-7)23(5)25(18-32)30(36)22(4)11-9-10-20(2)16-27-21(3)12-13-28(39-19-33)31(6,37)15-14-24(34)17-29(35)40-27/h9-13,19,21-28,30,32,34,36-37H,8,14-18H2,1-7H3/b11-9+,13-12+,20-10+. The number of aliphatic hydroxyl groups excluding tert-OH is 3. The molecule has 0 spiro atoms. The van der Waals surface area contributed by atoms with Crippen LogP contribution >= 0.6 is 0 Å². The first-order chi connectivity index (χ1) is 18.8. The highest BCUT2D eigenvalue weighted by molar-refractivity contribution is 5.70. The molecule has 0 aromatic heterocycles. The van der Waals surface area contributed by atoms with E-state index in [1.165, 1.54) is 6.92 Å². The van der Waals surface area contributed by atoms with Gasteiger partial charge in [-0.2, -0.15) is 0 Å². The third kappa shape index (κ3) is 11.4. The molecular formula is C31H52O9. The number of esters is 1. The summed E-state index contributed by atoms with van der Waals surface area (Å²) in [6, 6.07) is 0. The van der Waals surface area contributed by atoms with Crippen molar-refractivity contribution in [1.82, 2.24) is 0 Å². The van der Waals surface area contributed by atoms with Crippen molar-refractivity contribution in [3.8, 4) is 0 Å². The summed E-state index contributed by atoms with van der Waals surface area (Å²) in [7, 11) is 1.64. The predicted octanol–water partition coefficient (Wildman–Crippen LogP) is 3.49. The first kappa shape index (κ1) is 36.0. The summed E-state index contributed by atoms with van der Waals surface area (Å²) in [5.41, 5.74) is -0.485. The predicted molar refractivity (Wildman–Crippen MR) is 153 cm³/mol. The van der Waals surface area contributed by atoms with E-state index < -0.39 is 36.0 Å². The van der Waals surface area contributed by atoms with Gasteiger partial charge in [-0.3, -0.25) is 9.59 Å². The summed E-state index contributed by atoms with van der Waals surface area (Å²) in [6.07, 6.45) is 6.99. The topological polar surface area (TPSA) is 143 Å². The molecule has 0 bridgehead atoms. The number of ether oxygens (including phenoxy) is 3. The summed E-state index contributed by atoms with van der Waals surface area (Å²) in [6.45, 7) is 11.3. The Morgan fingerprint density at radius 3 is 2.55 bits per heavy atom. The normalized spacial score (nSPS) is 31.7. The number of allylic oxidation sites excluding steroid dienone is 2. The summed E-state index contributed by atoms with van der Waals surface area (Å²) in [4.78, 5) is 23.6. The Balaban J connectivity index is 3.04. The van der Waals surface area contributed by atoms with Crippen molar-refractivity contribution in [2.75, 3.05) is 13.7 Å². The van der Waals surface area contributed by atoms with Gasteiger partial charge in [-0.1, -0.05) is 57.6 Å². The Kier molecular flexibility index (Phi) is 15.9. The lowest BCUT2D eigenvalue weighted by atomic mass is 9.80. The van der Waals surface area contributed by atoms with E-state index >= 15 is 0 Å². The van der Waals surface area contributed by atoms with Crippen LogP contribution in [-0.2, 0) is 23.8 Å². The fourth-order valence-electron chi connectivity index (χ4n) is 5.20. The van der Waals surface area contributed by atoms with Crippen LogP contribution < -0.4 is 0 Å². The maximum atomic E-state index is 12.6. The van der Waals surface area contributed by atoms with Gasteiger partial charge in [-0.05, 0) is 45.1 Å². The number of cyclic esters (lactones) is 1. The molecule has 0 aromatic carbocycles. The van der Waals surface area contributed by atoms with Gasteiger partial charge in [0.25, 0.3) is 6.47 Å². The minimum atomic E-state index is -1.41. The van der Waals surface area contributed by atoms with E-state index in [4.69, 9.17) is 14.2 Å². The van der Waals surface area contributed by atoms with E-state index in [9.17, 15) is 30.0 Å². The van der Waals surface area contributed by atoms with Crippen LogP contribution in [0.3, 0.4) is 0 Å². The maximum absolute atomic E-state index is 12.6. The molecule has 9 nitrogen and oxygen atoms in total. The van der Waals surface area contributed by atoms with E-state index in [2.05, 4.69) is 0 Å². The molecule has 0 saturated carbocycles. The van der Waals surface area contributed by atoms with Crippen molar-refractivity contribution in [1.29, 1.82) is 0 Å². The highest BCUT2D eigenvalue weighted by Crippen LogP contribution is 2.28. The molecular weight excluding hydrogens is 516 g/mol. The van der Waals surface area contributed by atoms with Crippen molar-refractivity contribution in [2.24, 2.45) is 23.7 Å². The Morgan fingerprint density at radius 2 is 1.98 bits per heavy atom. The number of aliphatic hydroxyl groups is 4. The number of carbonyl (C=O) groups excluding carboxylic acids is 2. The number of methoxy groups -OCH3 is 1. The van der Waals surface area contributed by atoms with Crippen LogP contribution in [0.1, 0.15) is 73.6 Å². The smallest absolute Gasteiger partial charge is 0.308 e. The molecule has 0 aliphatic carbocycles. The molecule has 1 aliphatic rings. The molecule has 1 rings (SSSR count). The van der Waals surface area contributed by atoms with Gasteiger partial charge < -0.3 is 34.6 Å². The molecule has 0 saturated heterocycles. The Hall–Kier alpha value is -2.04. The average molecular weight is 569 g/mol. The van der Waals surface area contributed by atoms with Gasteiger partial charge in [0, 0.05) is 37.9 Å². The summed E-state index contributed by atoms with van der Waals surface area (Å²) in [5, 5.41) is 42.0. The van der Waals surface area contributed by atoms with Crippen LogP contribution in [0, 0.1) is 23.7 Å². The first-order valence-electron chi connectivity index (χ1n) is 14.3. The summed E-state index contributed by atoms with van der Waals surface area (Å²) < 4.78 is 16.4. The van der Waals surface area contributed by atoms with Crippen LogP contribution in [0.4, 0.5) is 0 Å². The molecule has 0 radical (unpaired) electrons. The molecule has 230 valence electrons. The van der Waals surface area contributed by atoms with Crippen molar-refractivity contribution >= 4 is 12.4 Å². The molecule has 4 N–H and O–H groups in total. The van der Waals surface area contributed by atoms with Crippen LogP contribution in [0.2, 0.25) is 0 Å². The van der Waals surface area contributed by atoms with Gasteiger partial charge in [-0.25, -0.2) is 0 Å². The molecule has 0 aromatic rings. The highest BCUT2D eigenvalue weighted by atomic mass is 16.5. The molecule has 0 amide bonds. The quantitative estimate of drug-likeness (QED) is 0.114. The van der Waals surface area contributed by atoms with Gasteiger partial charge in [0.15, 0.2) is 0 Å². The van der Waals surface area contributed by atoms with E-state index in [1.54, 1.807) is 19.3 Å². The molecule has 40 heavy (non-hydrogen) atoms. The van der Waals surface area contributed by atoms with Crippen molar-refractivity contribution in [3.63, 3.8) is 0 Å². The second-order valence-corrected chi connectivity index (χ2v) is 11.5. The number of rotatable bonds is 13. The van der Waals surface area contributed by atoms with E-state index in [0.717, 1.165) is 12.0 Å². The number of hydrogen-bond acceptors (Lipinski definition) is 9. The highest BCUT2D eigenvalue weighted by Gasteiger charge is 2.34. The fourth-order valence-corrected chi connectivity index (χ4v) is 5.20. The summed E-state index contributed by atoms with van der Waals surface area (Å²) in [5.74, 6) is -1.37. The lowest BCUT2D eigenvalue weighted by Gasteiger charge is -2.33. The van der Waals surface area contributed by atoms with E-state index in [-0.39, 0.29) is 62.1 Å².